The maximum absolute atomic E-state index is 13.1. The molecule has 3 aliphatic rings. The van der Waals surface area contributed by atoms with Gasteiger partial charge in [0, 0.05) is 86.4 Å². The molecule has 0 radical (unpaired) electrons. The van der Waals surface area contributed by atoms with Gasteiger partial charge >= 0.3 is 5.97 Å². The van der Waals surface area contributed by atoms with E-state index in [4.69, 9.17) is 4.74 Å². The number of benzene rings is 1. The van der Waals surface area contributed by atoms with Gasteiger partial charge in [0.2, 0.25) is 0 Å². The molecule has 11 heteroatoms. The van der Waals surface area contributed by atoms with Crippen molar-refractivity contribution < 1.29 is 14.3 Å². The maximum Gasteiger partial charge on any atom is 0.357 e. The second-order valence-electron chi connectivity index (χ2n) is 15.1. The molecule has 1 atom stereocenters. The van der Waals surface area contributed by atoms with Gasteiger partial charge in [0.15, 0.2) is 5.69 Å². The number of ether oxygens (including phenoxy) is 1. The number of H-pyrrole nitrogens is 1. The molecule has 3 fully saturated rings. The van der Waals surface area contributed by atoms with Crippen LogP contribution in [-0.4, -0.2) is 102 Å². The number of carbonyl (C=O) groups is 2. The highest BCUT2D eigenvalue weighted by atomic mass is 16.6. The summed E-state index contributed by atoms with van der Waals surface area (Å²) in [5.41, 5.74) is 3.78. The normalized spacial score (nSPS) is 19.6. The standard InChI is InChI=1S/C39H50N8O3/c1-39(2,3)50-38(49)31-7-5-9-36(42-31)47-17-14-27(15-18-47)26-45-19-21-46(22-20-45)30-12-10-28(11-13-30)37(48)43-35-24-32-29(25-40-35)23-33(41-32)34-8-6-16-44(34)4/h5,7,9-13,23-25,27,34,41H,6,8,14-22,26H2,1-4H3,(H,40,43,48)/t34-/m1/s1. The number of esters is 1. The van der Waals surface area contributed by atoms with E-state index in [0.29, 0.717) is 29.0 Å². The minimum absolute atomic E-state index is 0.159. The van der Waals surface area contributed by atoms with Gasteiger partial charge in [-0.05, 0) is 108 Å². The predicted octanol–water partition coefficient (Wildman–Crippen LogP) is 5.97. The zero-order valence-electron chi connectivity index (χ0n) is 29.8. The van der Waals surface area contributed by atoms with E-state index in [9.17, 15) is 9.59 Å². The van der Waals surface area contributed by atoms with Crippen molar-refractivity contribution in [2.75, 3.05) is 74.5 Å². The lowest BCUT2D eigenvalue weighted by atomic mass is 9.96. The number of aromatic amines is 1. The zero-order valence-corrected chi connectivity index (χ0v) is 29.8. The van der Waals surface area contributed by atoms with Crippen LogP contribution in [0.25, 0.3) is 10.9 Å². The van der Waals surface area contributed by atoms with Crippen molar-refractivity contribution in [3.63, 3.8) is 0 Å². The second-order valence-corrected chi connectivity index (χ2v) is 15.1. The van der Waals surface area contributed by atoms with Crippen molar-refractivity contribution in [3.8, 4) is 0 Å². The monoisotopic (exact) mass is 678 g/mol. The summed E-state index contributed by atoms with van der Waals surface area (Å²) in [6, 6.07) is 18.0. The lowest BCUT2D eigenvalue weighted by Crippen LogP contribution is -2.49. The van der Waals surface area contributed by atoms with Crippen LogP contribution in [0.5, 0.6) is 0 Å². The first-order valence-corrected chi connectivity index (χ1v) is 18.1. The van der Waals surface area contributed by atoms with Crippen molar-refractivity contribution >= 4 is 40.1 Å². The zero-order chi connectivity index (χ0) is 34.8. The number of carbonyl (C=O) groups excluding carboxylic acids is 2. The van der Waals surface area contributed by atoms with Crippen molar-refractivity contribution in [3.05, 3.63) is 77.7 Å². The van der Waals surface area contributed by atoms with Crippen LogP contribution >= 0.6 is 0 Å². The smallest absolute Gasteiger partial charge is 0.357 e. The molecule has 2 N–H and O–H groups in total. The first kappa shape index (κ1) is 34.0. The first-order valence-electron chi connectivity index (χ1n) is 18.1. The fourth-order valence-electron chi connectivity index (χ4n) is 7.55. The summed E-state index contributed by atoms with van der Waals surface area (Å²) in [5, 5.41) is 4.04. The molecule has 6 heterocycles. The fourth-order valence-corrected chi connectivity index (χ4v) is 7.55. The molecule has 4 aromatic rings. The van der Waals surface area contributed by atoms with Crippen molar-refractivity contribution in [2.24, 2.45) is 5.92 Å². The van der Waals surface area contributed by atoms with Gasteiger partial charge < -0.3 is 24.8 Å². The lowest BCUT2D eigenvalue weighted by molar-refractivity contribution is 0.00627. The van der Waals surface area contributed by atoms with Gasteiger partial charge in [-0.3, -0.25) is 14.6 Å². The number of hydrogen-bond donors (Lipinski definition) is 2. The lowest BCUT2D eigenvalue weighted by Gasteiger charge is -2.40. The quantitative estimate of drug-likeness (QED) is 0.218. The Morgan fingerprint density at radius 1 is 0.920 bits per heavy atom. The van der Waals surface area contributed by atoms with Crippen molar-refractivity contribution in [2.45, 2.75) is 58.1 Å². The topological polar surface area (TPSA) is 110 Å². The summed E-state index contributed by atoms with van der Waals surface area (Å²) in [5.74, 6) is 1.50. The van der Waals surface area contributed by atoms with Crippen molar-refractivity contribution in [1.82, 2.24) is 24.8 Å². The molecule has 0 unspecified atom stereocenters. The number of likely N-dealkylation sites (tertiary alicyclic amines) is 1. The number of nitrogens with one attached hydrogen (secondary N) is 2. The van der Waals surface area contributed by atoms with Crippen LogP contribution in [0.3, 0.4) is 0 Å². The Labute approximate surface area is 295 Å². The molecule has 0 aliphatic carbocycles. The highest BCUT2D eigenvalue weighted by molar-refractivity contribution is 6.04. The molecule has 7 rings (SSSR count). The molecule has 3 saturated heterocycles. The Hall–Kier alpha value is -4.48. The number of piperidine rings is 1. The van der Waals surface area contributed by atoms with Gasteiger partial charge in [0.05, 0.1) is 5.52 Å². The van der Waals surface area contributed by atoms with Gasteiger partial charge in [0.25, 0.3) is 5.91 Å². The molecule has 1 aromatic carbocycles. The third-order valence-electron chi connectivity index (χ3n) is 10.3. The number of rotatable bonds is 8. The van der Waals surface area contributed by atoms with Gasteiger partial charge in [-0.1, -0.05) is 6.07 Å². The van der Waals surface area contributed by atoms with Crippen molar-refractivity contribution in [1.29, 1.82) is 0 Å². The SMILES string of the molecule is CN1CCC[C@@H]1c1cc2cnc(NC(=O)c3ccc(N4CCN(CC5CCN(c6cccc(C(=O)OC(C)(C)C)n6)CC5)CC4)cc3)cc2[nH]1. The Balaban J connectivity index is 0.860. The summed E-state index contributed by atoms with van der Waals surface area (Å²) < 4.78 is 5.51. The van der Waals surface area contributed by atoms with Gasteiger partial charge in [-0.15, -0.1) is 0 Å². The van der Waals surface area contributed by atoms with Crippen LogP contribution in [0.2, 0.25) is 0 Å². The fraction of sp³-hybridized carbons (Fsp3) is 0.487. The van der Waals surface area contributed by atoms with E-state index in [0.717, 1.165) is 94.0 Å². The molecular formula is C39H50N8O3. The summed E-state index contributed by atoms with van der Waals surface area (Å²) in [7, 11) is 2.17. The Morgan fingerprint density at radius 3 is 2.38 bits per heavy atom. The molecular weight excluding hydrogens is 628 g/mol. The largest absolute Gasteiger partial charge is 0.455 e. The Kier molecular flexibility index (Phi) is 9.79. The molecule has 0 spiro atoms. The highest BCUT2D eigenvalue weighted by Gasteiger charge is 2.27. The number of hydrogen-bond acceptors (Lipinski definition) is 9. The minimum Gasteiger partial charge on any atom is -0.455 e. The van der Waals surface area contributed by atoms with Gasteiger partial charge in [-0.25, -0.2) is 14.8 Å². The number of aromatic nitrogens is 3. The molecule has 264 valence electrons. The summed E-state index contributed by atoms with van der Waals surface area (Å²) in [4.78, 5) is 48.0. The minimum atomic E-state index is -0.545. The second kappa shape index (κ2) is 14.4. The number of anilines is 3. The van der Waals surface area contributed by atoms with E-state index in [1.54, 1.807) is 6.07 Å². The van der Waals surface area contributed by atoms with Crippen LogP contribution < -0.4 is 15.1 Å². The molecule has 3 aliphatic heterocycles. The van der Waals surface area contributed by atoms with Gasteiger partial charge in [0.1, 0.15) is 17.2 Å². The third kappa shape index (κ3) is 7.94. The maximum atomic E-state index is 13.1. The Morgan fingerprint density at radius 2 is 1.68 bits per heavy atom. The summed E-state index contributed by atoms with van der Waals surface area (Å²) >= 11 is 0. The highest BCUT2D eigenvalue weighted by Crippen LogP contribution is 2.32. The number of amides is 1. The van der Waals surface area contributed by atoms with Crippen LogP contribution in [0.1, 0.15) is 79.0 Å². The molecule has 1 amide bonds. The predicted molar refractivity (Wildman–Crippen MR) is 198 cm³/mol. The number of nitrogens with zero attached hydrogens (tertiary/aromatic N) is 6. The van der Waals surface area contributed by atoms with Crippen LogP contribution in [0.15, 0.2) is 60.8 Å². The van der Waals surface area contributed by atoms with Gasteiger partial charge in [-0.2, -0.15) is 0 Å². The molecule has 3 aromatic heterocycles. The molecule has 0 bridgehead atoms. The van der Waals surface area contributed by atoms with E-state index in [-0.39, 0.29) is 11.9 Å². The van der Waals surface area contributed by atoms with Crippen LogP contribution in [0, 0.1) is 5.92 Å². The molecule has 0 saturated carbocycles. The van der Waals surface area contributed by atoms with Crippen LogP contribution in [-0.2, 0) is 4.74 Å². The number of pyridine rings is 2. The number of piperazine rings is 1. The van der Waals surface area contributed by atoms with E-state index >= 15 is 0 Å². The molecule has 11 nitrogen and oxygen atoms in total. The first-order chi connectivity index (χ1) is 24.1. The molecule has 50 heavy (non-hydrogen) atoms. The van der Waals surface area contributed by atoms with Crippen LogP contribution in [0.4, 0.5) is 17.3 Å². The van der Waals surface area contributed by atoms with E-state index in [1.165, 1.54) is 12.1 Å². The van der Waals surface area contributed by atoms with E-state index in [1.807, 2.05) is 57.3 Å². The summed E-state index contributed by atoms with van der Waals surface area (Å²) in [6.45, 7) is 13.7. The van der Waals surface area contributed by atoms with E-state index in [2.05, 4.69) is 65.1 Å². The number of fused-ring (bicyclic) bond motifs is 1. The average molecular weight is 679 g/mol. The summed E-state index contributed by atoms with van der Waals surface area (Å²) in [6.07, 6.45) is 6.41. The third-order valence-corrected chi connectivity index (χ3v) is 10.3. The average Bonchev–Trinajstić information content (AvgIpc) is 3.74. The Bertz CT molecular complexity index is 1800. The van der Waals surface area contributed by atoms with E-state index < -0.39 is 5.60 Å².